The number of nitrogens with zero attached hydrogens (tertiary/aromatic N) is 1. The third-order valence-electron chi connectivity index (χ3n) is 5.91. The molecule has 3 heteroatoms. The summed E-state index contributed by atoms with van der Waals surface area (Å²) in [4.78, 5) is 5.16. The van der Waals surface area contributed by atoms with Gasteiger partial charge in [0.2, 0.25) is 0 Å². The van der Waals surface area contributed by atoms with Gasteiger partial charge in [-0.3, -0.25) is 4.99 Å². The molecule has 2 nitrogen and oxygen atoms in total. The fourth-order valence-corrected chi connectivity index (χ4v) is 6.48. The number of ether oxygens (including phenoxy) is 1. The standard InChI is InChI=1S/C21H27NOSi/c1-20(2,3)24(5,6)21(17-10-8-7-9-11-17)19(22-21)16-12-14-18(23-4)15-13-16/h7-15H,1-6H3/t21-/m1/s1. The fraction of sp³-hybridized carbons (Fsp3) is 0.381. The third kappa shape index (κ3) is 2.42. The Kier molecular flexibility index (Phi) is 3.95. The molecule has 0 radical (unpaired) electrons. The van der Waals surface area contributed by atoms with Crippen molar-refractivity contribution in [3.05, 3.63) is 65.7 Å². The molecule has 0 aliphatic carbocycles. The molecule has 24 heavy (non-hydrogen) atoms. The average molecular weight is 338 g/mol. The Balaban J connectivity index is 2.08. The van der Waals surface area contributed by atoms with Gasteiger partial charge in [0, 0.05) is 0 Å². The number of methoxy groups -OCH3 is 1. The van der Waals surface area contributed by atoms with Crippen LogP contribution < -0.4 is 4.74 Å². The van der Waals surface area contributed by atoms with E-state index in [-0.39, 0.29) is 10.2 Å². The predicted octanol–water partition coefficient (Wildman–Crippen LogP) is 5.44. The summed E-state index contributed by atoms with van der Waals surface area (Å²) in [5.74, 6) is 0.887. The molecule has 0 N–H and O–H groups in total. The Morgan fingerprint density at radius 1 is 0.917 bits per heavy atom. The first kappa shape index (κ1) is 17.0. The number of hydrogen-bond donors (Lipinski definition) is 0. The molecule has 126 valence electrons. The summed E-state index contributed by atoms with van der Waals surface area (Å²) in [6, 6.07) is 19.1. The van der Waals surface area contributed by atoms with Crippen molar-refractivity contribution >= 4 is 13.8 Å². The highest BCUT2D eigenvalue weighted by Crippen LogP contribution is 2.57. The van der Waals surface area contributed by atoms with Crippen molar-refractivity contribution in [3.63, 3.8) is 0 Å². The van der Waals surface area contributed by atoms with E-state index in [1.807, 2.05) is 12.1 Å². The second-order valence-electron chi connectivity index (χ2n) is 8.14. The summed E-state index contributed by atoms with van der Waals surface area (Å²) in [6.45, 7) is 12.0. The van der Waals surface area contributed by atoms with Crippen LogP contribution in [0.5, 0.6) is 5.75 Å². The number of benzene rings is 2. The van der Waals surface area contributed by atoms with E-state index in [0.29, 0.717) is 0 Å². The number of rotatable bonds is 4. The quantitative estimate of drug-likeness (QED) is 0.681. The van der Waals surface area contributed by atoms with Gasteiger partial charge < -0.3 is 4.74 Å². The zero-order chi connectivity index (χ0) is 17.6. The van der Waals surface area contributed by atoms with Crippen LogP contribution in [0.2, 0.25) is 18.1 Å². The molecular weight excluding hydrogens is 310 g/mol. The monoisotopic (exact) mass is 337 g/mol. The normalized spacial score (nSPS) is 20.5. The van der Waals surface area contributed by atoms with Gasteiger partial charge in [-0.25, -0.2) is 0 Å². The van der Waals surface area contributed by atoms with Crippen molar-refractivity contribution in [2.24, 2.45) is 4.99 Å². The molecule has 0 spiro atoms. The molecule has 2 aromatic rings. The lowest BCUT2D eigenvalue weighted by Crippen LogP contribution is -2.53. The van der Waals surface area contributed by atoms with Gasteiger partial charge in [0.05, 0.1) is 20.9 Å². The molecule has 0 unspecified atom stereocenters. The van der Waals surface area contributed by atoms with Gasteiger partial charge >= 0.3 is 0 Å². The summed E-state index contributed by atoms with van der Waals surface area (Å²) in [5.41, 5.74) is 3.79. The first-order valence-electron chi connectivity index (χ1n) is 8.54. The molecule has 0 saturated carbocycles. The van der Waals surface area contributed by atoms with Crippen LogP contribution in [0.3, 0.4) is 0 Å². The van der Waals surface area contributed by atoms with Crippen LogP contribution in [-0.4, -0.2) is 20.9 Å². The van der Waals surface area contributed by atoms with E-state index in [1.165, 1.54) is 16.8 Å². The molecule has 1 aliphatic rings. The zero-order valence-corrected chi connectivity index (χ0v) is 16.6. The summed E-state index contributed by atoms with van der Waals surface area (Å²) in [6.07, 6.45) is 0. The van der Waals surface area contributed by atoms with Crippen LogP contribution in [0, 0.1) is 0 Å². The molecule has 2 aromatic carbocycles. The average Bonchev–Trinajstić information content (AvgIpc) is 3.32. The van der Waals surface area contributed by atoms with E-state index in [4.69, 9.17) is 9.73 Å². The van der Waals surface area contributed by atoms with Crippen LogP contribution >= 0.6 is 0 Å². The van der Waals surface area contributed by atoms with Crippen molar-refractivity contribution in [2.45, 2.75) is 44.1 Å². The molecule has 1 aliphatic heterocycles. The SMILES string of the molecule is COc1ccc(C2=N[C@]2(c2ccccc2)[Si](C)(C)C(C)(C)C)cc1. The van der Waals surface area contributed by atoms with Crippen molar-refractivity contribution in [1.29, 1.82) is 0 Å². The Labute approximate surface area is 146 Å². The van der Waals surface area contributed by atoms with Gasteiger partial charge in [-0.2, -0.15) is 0 Å². The van der Waals surface area contributed by atoms with Gasteiger partial charge in [-0.05, 0) is 40.4 Å². The lowest BCUT2D eigenvalue weighted by molar-refractivity contribution is 0.415. The van der Waals surface area contributed by atoms with E-state index < -0.39 is 8.07 Å². The van der Waals surface area contributed by atoms with Gasteiger partial charge in [-0.1, -0.05) is 64.2 Å². The topological polar surface area (TPSA) is 21.6 Å². The minimum Gasteiger partial charge on any atom is -0.497 e. The van der Waals surface area contributed by atoms with Crippen molar-refractivity contribution in [1.82, 2.24) is 0 Å². The molecular formula is C21H27NOSi. The molecule has 0 fully saturated rings. The summed E-state index contributed by atoms with van der Waals surface area (Å²) >= 11 is 0. The molecule has 0 amide bonds. The van der Waals surface area contributed by atoms with E-state index in [2.05, 4.69) is 76.3 Å². The van der Waals surface area contributed by atoms with Crippen molar-refractivity contribution in [3.8, 4) is 5.75 Å². The maximum absolute atomic E-state index is 5.30. The summed E-state index contributed by atoms with van der Waals surface area (Å²) in [7, 11) is -0.0630. The van der Waals surface area contributed by atoms with Crippen LogP contribution in [0.15, 0.2) is 59.6 Å². The highest BCUT2D eigenvalue weighted by atomic mass is 28.3. The zero-order valence-electron chi connectivity index (χ0n) is 15.6. The summed E-state index contributed by atoms with van der Waals surface area (Å²) in [5, 5.41) is 0.127. The maximum Gasteiger partial charge on any atom is 0.118 e. The smallest absolute Gasteiger partial charge is 0.118 e. The van der Waals surface area contributed by atoms with Crippen LogP contribution in [0.25, 0.3) is 0 Å². The van der Waals surface area contributed by atoms with Crippen LogP contribution in [-0.2, 0) is 5.16 Å². The molecule has 1 atom stereocenters. The first-order valence-corrected chi connectivity index (χ1v) is 11.5. The molecule has 3 rings (SSSR count). The minimum absolute atomic E-state index is 0.124. The Bertz CT molecular complexity index is 757. The van der Waals surface area contributed by atoms with Gasteiger partial charge in [0.15, 0.2) is 0 Å². The van der Waals surface area contributed by atoms with Crippen LogP contribution in [0.1, 0.15) is 31.9 Å². The van der Waals surface area contributed by atoms with E-state index in [9.17, 15) is 0 Å². The highest BCUT2D eigenvalue weighted by molar-refractivity contribution is 6.88. The first-order chi connectivity index (χ1) is 11.2. The second-order valence-corrected chi connectivity index (χ2v) is 13.6. The van der Waals surface area contributed by atoms with Gasteiger partial charge in [0.1, 0.15) is 10.9 Å². The largest absolute Gasteiger partial charge is 0.497 e. The number of hydrogen-bond acceptors (Lipinski definition) is 2. The second kappa shape index (κ2) is 5.59. The molecule has 0 bridgehead atoms. The van der Waals surface area contributed by atoms with Gasteiger partial charge in [0.25, 0.3) is 0 Å². The molecule has 0 aromatic heterocycles. The Hall–Kier alpha value is -1.87. The lowest BCUT2D eigenvalue weighted by atomic mass is 10.0. The third-order valence-corrected chi connectivity index (χ3v) is 12.1. The van der Waals surface area contributed by atoms with E-state index >= 15 is 0 Å². The van der Waals surface area contributed by atoms with Crippen LogP contribution in [0.4, 0.5) is 0 Å². The Morgan fingerprint density at radius 3 is 2.00 bits per heavy atom. The Morgan fingerprint density at radius 2 is 1.50 bits per heavy atom. The minimum atomic E-state index is -1.76. The van der Waals surface area contributed by atoms with Gasteiger partial charge in [-0.15, -0.1) is 0 Å². The molecule has 0 saturated heterocycles. The maximum atomic E-state index is 5.30. The number of aliphatic imine (C=N–C) groups is 1. The van der Waals surface area contributed by atoms with E-state index in [1.54, 1.807) is 7.11 Å². The predicted molar refractivity (Wildman–Crippen MR) is 105 cm³/mol. The van der Waals surface area contributed by atoms with E-state index in [0.717, 1.165) is 5.75 Å². The fourth-order valence-electron chi connectivity index (χ4n) is 3.38. The molecule has 1 heterocycles. The lowest BCUT2D eigenvalue weighted by Gasteiger charge is -2.43. The highest BCUT2D eigenvalue weighted by Gasteiger charge is 2.64. The van der Waals surface area contributed by atoms with Crippen molar-refractivity contribution in [2.75, 3.05) is 7.11 Å². The summed E-state index contributed by atoms with van der Waals surface area (Å²) < 4.78 is 5.30. The van der Waals surface area contributed by atoms with Crippen molar-refractivity contribution < 1.29 is 4.74 Å².